The maximum absolute atomic E-state index is 13.3. The van der Waals surface area contributed by atoms with Gasteiger partial charge in [0.05, 0.1) is 5.92 Å². The highest BCUT2D eigenvalue weighted by Gasteiger charge is 2.36. The molecular weight excluding hydrogens is 326 g/mol. The molecule has 0 spiro atoms. The van der Waals surface area contributed by atoms with Gasteiger partial charge in [0, 0.05) is 28.2 Å². The summed E-state index contributed by atoms with van der Waals surface area (Å²) in [4.78, 5) is 28.8. The largest absolute Gasteiger partial charge is 0.449 e. The van der Waals surface area contributed by atoms with Crippen molar-refractivity contribution >= 4 is 22.7 Å². The van der Waals surface area contributed by atoms with E-state index in [1.54, 1.807) is 6.20 Å². The number of aromatic nitrogens is 1. The summed E-state index contributed by atoms with van der Waals surface area (Å²) in [5.41, 5.74) is 3.40. The maximum Gasteiger partial charge on any atom is 0.310 e. The molecule has 1 saturated carbocycles. The highest BCUT2D eigenvalue weighted by atomic mass is 16.5. The molecule has 3 aromatic rings. The van der Waals surface area contributed by atoms with Crippen molar-refractivity contribution in [2.75, 3.05) is 0 Å². The lowest BCUT2D eigenvalue weighted by Crippen LogP contribution is -2.21. The zero-order valence-corrected chi connectivity index (χ0v) is 14.7. The van der Waals surface area contributed by atoms with Crippen LogP contribution in [0.1, 0.15) is 47.4 Å². The smallest absolute Gasteiger partial charge is 0.310 e. The van der Waals surface area contributed by atoms with Gasteiger partial charge >= 0.3 is 5.97 Å². The number of aromatic amines is 1. The van der Waals surface area contributed by atoms with Crippen LogP contribution >= 0.6 is 0 Å². The fourth-order valence-corrected chi connectivity index (χ4v) is 3.29. The second-order valence-electron chi connectivity index (χ2n) is 6.76. The number of carbonyl (C=O) groups excluding carboxylic acids is 2. The lowest BCUT2D eigenvalue weighted by molar-refractivity contribution is -0.148. The second-order valence-corrected chi connectivity index (χ2v) is 6.76. The normalized spacial score (nSPS) is 15.0. The Balaban J connectivity index is 1.73. The fourth-order valence-electron chi connectivity index (χ4n) is 3.29. The van der Waals surface area contributed by atoms with E-state index in [-0.39, 0.29) is 17.7 Å². The van der Waals surface area contributed by atoms with E-state index in [1.165, 1.54) is 0 Å². The van der Waals surface area contributed by atoms with Crippen LogP contribution in [0.4, 0.5) is 0 Å². The van der Waals surface area contributed by atoms with Crippen LogP contribution in [0.15, 0.2) is 54.7 Å². The molecule has 1 atom stereocenters. The zero-order valence-electron chi connectivity index (χ0n) is 14.7. The van der Waals surface area contributed by atoms with Crippen molar-refractivity contribution in [3.05, 3.63) is 71.4 Å². The lowest BCUT2D eigenvalue weighted by atomic mass is 9.98. The number of ether oxygens (including phenoxy) is 1. The van der Waals surface area contributed by atoms with Crippen molar-refractivity contribution < 1.29 is 14.3 Å². The molecule has 4 heteroatoms. The standard InChI is InChI=1S/C22H21NO3/c1-2-14-9-6-10-17-18(13-23-19(14)17)20(24)21(15-7-4-3-5-8-15)26-22(25)16-11-12-16/h3-10,13,16,21,23H,2,11-12H2,1H3/t21-/m1/s1. The third kappa shape index (κ3) is 3.03. The summed E-state index contributed by atoms with van der Waals surface area (Å²) in [5.74, 6) is -0.519. The average molecular weight is 347 g/mol. The maximum atomic E-state index is 13.3. The first-order valence-electron chi connectivity index (χ1n) is 9.07. The first-order chi connectivity index (χ1) is 12.7. The number of aryl methyl sites for hydroxylation is 1. The number of Topliss-reactive ketones (excluding diaryl/α,β-unsaturated/α-hetero) is 1. The molecule has 1 fully saturated rings. The number of benzene rings is 2. The van der Waals surface area contributed by atoms with Gasteiger partial charge in [0.15, 0.2) is 6.10 Å². The van der Waals surface area contributed by atoms with E-state index in [0.29, 0.717) is 11.1 Å². The van der Waals surface area contributed by atoms with Crippen LogP contribution in [-0.4, -0.2) is 16.7 Å². The van der Waals surface area contributed by atoms with Crippen molar-refractivity contribution in [2.24, 2.45) is 5.92 Å². The van der Waals surface area contributed by atoms with Crippen LogP contribution in [0.5, 0.6) is 0 Å². The van der Waals surface area contributed by atoms with Crippen LogP contribution in [0.3, 0.4) is 0 Å². The van der Waals surface area contributed by atoms with E-state index in [0.717, 1.165) is 35.7 Å². The van der Waals surface area contributed by atoms with Crippen molar-refractivity contribution in [3.63, 3.8) is 0 Å². The number of hydrogen-bond acceptors (Lipinski definition) is 3. The predicted molar refractivity (Wildman–Crippen MR) is 100 cm³/mol. The molecular formula is C22H21NO3. The number of para-hydroxylation sites is 1. The molecule has 4 rings (SSSR count). The Labute approximate surface area is 152 Å². The Morgan fingerprint density at radius 2 is 1.88 bits per heavy atom. The van der Waals surface area contributed by atoms with Gasteiger partial charge in [0.1, 0.15) is 0 Å². The summed E-state index contributed by atoms with van der Waals surface area (Å²) in [7, 11) is 0. The van der Waals surface area contributed by atoms with E-state index in [4.69, 9.17) is 4.74 Å². The minimum Gasteiger partial charge on any atom is -0.449 e. The summed E-state index contributed by atoms with van der Waals surface area (Å²) in [6.45, 7) is 2.08. The molecule has 2 aromatic carbocycles. The van der Waals surface area contributed by atoms with Gasteiger partial charge in [-0.3, -0.25) is 9.59 Å². The number of carbonyl (C=O) groups is 2. The van der Waals surface area contributed by atoms with Crippen molar-refractivity contribution in [1.29, 1.82) is 0 Å². The van der Waals surface area contributed by atoms with Crippen LogP contribution in [0, 0.1) is 5.92 Å². The number of hydrogen-bond donors (Lipinski definition) is 1. The van der Waals surface area contributed by atoms with Crippen LogP contribution in [0.25, 0.3) is 10.9 Å². The average Bonchev–Trinajstić information content (AvgIpc) is 3.45. The Bertz CT molecular complexity index is 954. The summed E-state index contributed by atoms with van der Waals surface area (Å²) < 4.78 is 5.65. The van der Waals surface area contributed by atoms with Gasteiger partial charge in [0.2, 0.25) is 5.78 Å². The molecule has 1 aliphatic rings. The molecule has 26 heavy (non-hydrogen) atoms. The molecule has 0 amide bonds. The summed E-state index contributed by atoms with van der Waals surface area (Å²) in [6, 6.07) is 15.2. The molecule has 1 aromatic heterocycles. The number of esters is 1. The Morgan fingerprint density at radius 1 is 1.12 bits per heavy atom. The van der Waals surface area contributed by atoms with Gasteiger partial charge in [0.25, 0.3) is 0 Å². The lowest BCUT2D eigenvalue weighted by Gasteiger charge is -2.17. The first kappa shape index (κ1) is 16.6. The van der Waals surface area contributed by atoms with E-state index >= 15 is 0 Å². The molecule has 0 saturated heterocycles. The van der Waals surface area contributed by atoms with Crippen molar-refractivity contribution in [1.82, 2.24) is 4.98 Å². The van der Waals surface area contributed by atoms with E-state index in [9.17, 15) is 9.59 Å². The fraction of sp³-hybridized carbons (Fsp3) is 0.273. The van der Waals surface area contributed by atoms with Gasteiger partial charge in [-0.1, -0.05) is 55.5 Å². The van der Waals surface area contributed by atoms with Gasteiger partial charge in [-0.05, 0) is 24.8 Å². The minimum atomic E-state index is -0.909. The molecule has 0 radical (unpaired) electrons. The quantitative estimate of drug-likeness (QED) is 0.523. The molecule has 1 N–H and O–H groups in total. The predicted octanol–water partition coefficient (Wildman–Crippen LogP) is 4.61. The van der Waals surface area contributed by atoms with Crippen molar-refractivity contribution in [2.45, 2.75) is 32.3 Å². The van der Waals surface area contributed by atoms with E-state index in [2.05, 4.69) is 18.0 Å². The second kappa shape index (κ2) is 6.79. The van der Waals surface area contributed by atoms with Crippen LogP contribution in [0.2, 0.25) is 0 Å². The van der Waals surface area contributed by atoms with Crippen molar-refractivity contribution in [3.8, 4) is 0 Å². The topological polar surface area (TPSA) is 59.2 Å². The van der Waals surface area contributed by atoms with Crippen LogP contribution in [-0.2, 0) is 16.0 Å². The van der Waals surface area contributed by atoms with E-state index in [1.807, 2.05) is 42.5 Å². The molecule has 1 heterocycles. The zero-order chi connectivity index (χ0) is 18.1. The summed E-state index contributed by atoms with van der Waals surface area (Å²) in [6.07, 6.45) is 3.40. The first-order valence-corrected chi connectivity index (χ1v) is 9.07. The monoisotopic (exact) mass is 347 g/mol. The number of fused-ring (bicyclic) bond motifs is 1. The summed E-state index contributed by atoms with van der Waals surface area (Å²) >= 11 is 0. The van der Waals surface area contributed by atoms with Gasteiger partial charge in [-0.2, -0.15) is 0 Å². The molecule has 4 nitrogen and oxygen atoms in total. The highest BCUT2D eigenvalue weighted by Crippen LogP contribution is 2.34. The third-order valence-corrected chi connectivity index (χ3v) is 4.93. The molecule has 0 bridgehead atoms. The third-order valence-electron chi connectivity index (χ3n) is 4.93. The SMILES string of the molecule is CCc1cccc2c(C(=O)[C@H](OC(=O)C3CC3)c3ccccc3)c[nH]c12. The number of ketones is 1. The van der Waals surface area contributed by atoms with Gasteiger partial charge in [-0.25, -0.2) is 0 Å². The highest BCUT2D eigenvalue weighted by molar-refractivity contribution is 6.11. The molecule has 1 aliphatic carbocycles. The van der Waals surface area contributed by atoms with Crippen LogP contribution < -0.4 is 0 Å². The number of nitrogens with one attached hydrogen (secondary N) is 1. The molecule has 0 aliphatic heterocycles. The molecule has 0 unspecified atom stereocenters. The Kier molecular flexibility index (Phi) is 4.33. The van der Waals surface area contributed by atoms with Gasteiger partial charge < -0.3 is 9.72 Å². The Hall–Kier alpha value is -2.88. The minimum absolute atomic E-state index is 0.0522. The Morgan fingerprint density at radius 3 is 2.58 bits per heavy atom. The van der Waals surface area contributed by atoms with Gasteiger partial charge in [-0.15, -0.1) is 0 Å². The number of rotatable bonds is 6. The number of H-pyrrole nitrogens is 1. The van der Waals surface area contributed by atoms with E-state index < -0.39 is 6.10 Å². The molecule has 132 valence electrons. The summed E-state index contributed by atoms with van der Waals surface area (Å²) in [5, 5.41) is 0.873.